The number of nitrogens with zero attached hydrogens (tertiary/aromatic N) is 1. The highest BCUT2D eigenvalue weighted by atomic mass is 35.5. The van der Waals surface area contributed by atoms with E-state index in [1.807, 2.05) is 24.3 Å². The van der Waals surface area contributed by atoms with Gasteiger partial charge in [-0.3, -0.25) is 4.79 Å². The first-order chi connectivity index (χ1) is 11.1. The van der Waals surface area contributed by atoms with Gasteiger partial charge in [0.25, 0.3) is 5.91 Å². The smallest absolute Gasteiger partial charge is 0.257 e. The molecule has 3 nitrogen and oxygen atoms in total. The lowest BCUT2D eigenvalue weighted by atomic mass is 10.0. The average molecular weight is 329 g/mol. The number of halogens is 1. The minimum atomic E-state index is -0.185. The Kier molecular flexibility index (Phi) is 4.87. The van der Waals surface area contributed by atoms with Gasteiger partial charge in [-0.15, -0.1) is 0 Å². The van der Waals surface area contributed by atoms with Gasteiger partial charge in [-0.05, 0) is 62.6 Å². The Bertz CT molecular complexity index is 684. The van der Waals surface area contributed by atoms with Crippen molar-refractivity contribution in [2.45, 2.75) is 32.2 Å². The molecule has 4 heteroatoms. The van der Waals surface area contributed by atoms with E-state index in [9.17, 15) is 4.79 Å². The Morgan fingerprint density at radius 1 is 1.13 bits per heavy atom. The van der Waals surface area contributed by atoms with E-state index in [2.05, 4.69) is 29.3 Å². The summed E-state index contributed by atoms with van der Waals surface area (Å²) < 4.78 is 0. The Labute approximate surface area is 142 Å². The minimum absolute atomic E-state index is 0.185. The fourth-order valence-corrected chi connectivity index (χ4v) is 3.28. The van der Waals surface area contributed by atoms with E-state index in [4.69, 9.17) is 11.6 Å². The third-order valence-electron chi connectivity index (χ3n) is 4.38. The van der Waals surface area contributed by atoms with Crippen LogP contribution in [0.3, 0.4) is 0 Å². The van der Waals surface area contributed by atoms with Gasteiger partial charge in [0.05, 0.1) is 10.6 Å². The van der Waals surface area contributed by atoms with Crippen molar-refractivity contribution in [2.24, 2.45) is 0 Å². The molecule has 1 amide bonds. The normalized spacial score (nSPS) is 17.8. The van der Waals surface area contributed by atoms with Crippen molar-refractivity contribution in [1.82, 2.24) is 0 Å². The van der Waals surface area contributed by atoms with Crippen molar-refractivity contribution in [1.29, 1.82) is 0 Å². The molecule has 1 N–H and O–H groups in total. The molecule has 1 atom stereocenters. The number of rotatable bonds is 3. The molecule has 1 fully saturated rings. The van der Waals surface area contributed by atoms with Crippen LogP contribution < -0.4 is 10.2 Å². The molecule has 120 valence electrons. The molecule has 0 spiro atoms. The zero-order chi connectivity index (χ0) is 16.2. The maximum Gasteiger partial charge on any atom is 0.257 e. The quantitative estimate of drug-likeness (QED) is 0.862. The summed E-state index contributed by atoms with van der Waals surface area (Å²) in [5, 5.41) is 3.36. The van der Waals surface area contributed by atoms with Crippen molar-refractivity contribution >= 4 is 28.9 Å². The van der Waals surface area contributed by atoms with E-state index < -0.39 is 0 Å². The van der Waals surface area contributed by atoms with Crippen LogP contribution in [-0.4, -0.2) is 18.5 Å². The van der Waals surface area contributed by atoms with Gasteiger partial charge in [0.2, 0.25) is 0 Å². The number of benzene rings is 2. The Morgan fingerprint density at radius 3 is 2.57 bits per heavy atom. The molecule has 0 aliphatic carbocycles. The van der Waals surface area contributed by atoms with Crippen LogP contribution >= 0.6 is 11.6 Å². The summed E-state index contributed by atoms with van der Waals surface area (Å²) in [6.07, 6.45) is 3.80. The Morgan fingerprint density at radius 2 is 1.87 bits per heavy atom. The van der Waals surface area contributed by atoms with Crippen LogP contribution in [0, 0.1) is 0 Å². The van der Waals surface area contributed by atoms with Crippen molar-refractivity contribution in [3.63, 3.8) is 0 Å². The number of anilines is 2. The summed E-state index contributed by atoms with van der Waals surface area (Å²) in [5.41, 5.74) is 2.49. The predicted molar refractivity (Wildman–Crippen MR) is 96.5 cm³/mol. The molecule has 1 aliphatic heterocycles. The fraction of sp³-hybridized carbons (Fsp3) is 0.316. The predicted octanol–water partition coefficient (Wildman–Crippen LogP) is 4.97. The van der Waals surface area contributed by atoms with Crippen molar-refractivity contribution < 1.29 is 4.79 Å². The number of piperidine rings is 1. The van der Waals surface area contributed by atoms with E-state index in [1.54, 1.807) is 12.1 Å². The maximum atomic E-state index is 12.3. The van der Waals surface area contributed by atoms with E-state index in [0.29, 0.717) is 16.6 Å². The molecular weight excluding hydrogens is 308 g/mol. The highest BCUT2D eigenvalue weighted by Gasteiger charge is 2.18. The van der Waals surface area contributed by atoms with Gasteiger partial charge in [0.1, 0.15) is 0 Å². The zero-order valence-electron chi connectivity index (χ0n) is 13.3. The van der Waals surface area contributed by atoms with Gasteiger partial charge in [-0.1, -0.05) is 23.7 Å². The number of hydrogen-bond acceptors (Lipinski definition) is 2. The number of hydrogen-bond donors (Lipinski definition) is 1. The monoisotopic (exact) mass is 328 g/mol. The Balaban J connectivity index is 1.70. The second-order valence-electron chi connectivity index (χ2n) is 6.02. The summed E-state index contributed by atoms with van der Waals surface area (Å²) in [6.45, 7) is 3.37. The lowest BCUT2D eigenvalue weighted by molar-refractivity contribution is 0.102. The van der Waals surface area contributed by atoms with Crippen LogP contribution in [0.4, 0.5) is 11.4 Å². The van der Waals surface area contributed by atoms with Gasteiger partial charge in [0, 0.05) is 24.0 Å². The molecule has 23 heavy (non-hydrogen) atoms. The van der Waals surface area contributed by atoms with E-state index >= 15 is 0 Å². The van der Waals surface area contributed by atoms with E-state index in [0.717, 1.165) is 12.2 Å². The highest BCUT2D eigenvalue weighted by molar-refractivity contribution is 6.34. The summed E-state index contributed by atoms with van der Waals surface area (Å²) in [5.74, 6) is -0.185. The summed E-state index contributed by atoms with van der Waals surface area (Å²) in [6, 6.07) is 15.7. The maximum absolute atomic E-state index is 12.3. The summed E-state index contributed by atoms with van der Waals surface area (Å²) >= 11 is 6.06. The molecule has 1 heterocycles. The first kappa shape index (κ1) is 15.9. The van der Waals surface area contributed by atoms with Crippen LogP contribution in [0.5, 0.6) is 0 Å². The number of amides is 1. The number of carbonyl (C=O) groups is 1. The topological polar surface area (TPSA) is 32.3 Å². The number of nitrogens with one attached hydrogen (secondary N) is 1. The SMILES string of the molecule is C[C@H]1CCCCN1c1ccc(NC(=O)c2ccccc2Cl)cc1. The zero-order valence-corrected chi connectivity index (χ0v) is 14.0. The summed E-state index contributed by atoms with van der Waals surface area (Å²) in [4.78, 5) is 14.7. The average Bonchev–Trinajstić information content (AvgIpc) is 2.56. The molecule has 2 aromatic carbocycles. The van der Waals surface area contributed by atoms with E-state index in [1.165, 1.54) is 24.9 Å². The molecule has 1 aliphatic rings. The van der Waals surface area contributed by atoms with Crippen LogP contribution in [0.2, 0.25) is 5.02 Å². The first-order valence-corrected chi connectivity index (χ1v) is 8.45. The molecular formula is C19H21ClN2O. The lowest BCUT2D eigenvalue weighted by Crippen LogP contribution is -2.37. The first-order valence-electron chi connectivity index (χ1n) is 8.08. The van der Waals surface area contributed by atoms with Crippen LogP contribution in [0.1, 0.15) is 36.5 Å². The Hall–Kier alpha value is -2.00. The molecule has 0 unspecified atom stereocenters. The fourth-order valence-electron chi connectivity index (χ4n) is 3.06. The lowest BCUT2D eigenvalue weighted by Gasteiger charge is -2.35. The molecule has 0 saturated carbocycles. The largest absolute Gasteiger partial charge is 0.369 e. The molecule has 0 radical (unpaired) electrons. The third-order valence-corrected chi connectivity index (χ3v) is 4.71. The molecule has 0 aromatic heterocycles. The number of carbonyl (C=O) groups excluding carboxylic acids is 1. The van der Waals surface area contributed by atoms with Crippen LogP contribution in [0.25, 0.3) is 0 Å². The highest BCUT2D eigenvalue weighted by Crippen LogP contribution is 2.26. The third kappa shape index (κ3) is 3.67. The van der Waals surface area contributed by atoms with Crippen molar-refractivity contribution in [3.8, 4) is 0 Å². The van der Waals surface area contributed by atoms with Crippen LogP contribution in [0.15, 0.2) is 48.5 Å². The van der Waals surface area contributed by atoms with Crippen molar-refractivity contribution in [2.75, 3.05) is 16.8 Å². The molecule has 2 aromatic rings. The second kappa shape index (κ2) is 7.05. The molecule has 3 rings (SSSR count). The van der Waals surface area contributed by atoms with Gasteiger partial charge in [-0.2, -0.15) is 0 Å². The molecule has 1 saturated heterocycles. The van der Waals surface area contributed by atoms with Gasteiger partial charge < -0.3 is 10.2 Å². The minimum Gasteiger partial charge on any atom is -0.369 e. The van der Waals surface area contributed by atoms with Gasteiger partial charge in [0.15, 0.2) is 0 Å². The molecule has 0 bridgehead atoms. The van der Waals surface area contributed by atoms with Crippen molar-refractivity contribution in [3.05, 3.63) is 59.1 Å². The standard InChI is InChI=1S/C19H21ClN2O/c1-14-6-4-5-13-22(14)16-11-9-15(10-12-16)21-19(23)17-7-2-3-8-18(17)20/h2-3,7-12,14H,4-6,13H2,1H3,(H,21,23)/t14-/m0/s1. The van der Waals surface area contributed by atoms with E-state index in [-0.39, 0.29) is 5.91 Å². The second-order valence-corrected chi connectivity index (χ2v) is 6.43. The van der Waals surface area contributed by atoms with Gasteiger partial charge in [-0.25, -0.2) is 0 Å². The van der Waals surface area contributed by atoms with Crippen LogP contribution in [-0.2, 0) is 0 Å². The van der Waals surface area contributed by atoms with Gasteiger partial charge >= 0.3 is 0 Å². The summed E-state index contributed by atoms with van der Waals surface area (Å²) in [7, 11) is 0.